The Morgan fingerprint density at radius 2 is 1.71 bits per heavy atom. The Morgan fingerprint density at radius 1 is 1.04 bits per heavy atom. The molecule has 5 heteroatoms. The minimum absolute atomic E-state index is 0.0145. The minimum Gasteiger partial charge on any atom is -0.358 e. The van der Waals surface area contributed by atoms with Crippen molar-refractivity contribution in [2.45, 2.75) is 31.7 Å². The minimum atomic E-state index is -0.530. The third-order valence-electron chi connectivity index (χ3n) is 5.55. The summed E-state index contributed by atoms with van der Waals surface area (Å²) in [6.07, 6.45) is 1.86. The van der Waals surface area contributed by atoms with E-state index in [-0.39, 0.29) is 11.8 Å². The maximum atomic E-state index is 12.8. The number of piperidine rings is 1. The summed E-state index contributed by atoms with van der Waals surface area (Å²) in [6, 6.07) is 19.0. The second-order valence-corrected chi connectivity index (χ2v) is 7.47. The second kappa shape index (κ2) is 7.89. The largest absolute Gasteiger partial charge is 0.358 e. The number of hydrogen-bond acceptors (Lipinski definition) is 2. The highest BCUT2D eigenvalue weighted by molar-refractivity contribution is 5.97. The van der Waals surface area contributed by atoms with Gasteiger partial charge in [-0.15, -0.1) is 0 Å². The number of carbonyl (C=O) groups excluding carboxylic acids is 2. The number of rotatable bonds is 4. The fourth-order valence-corrected chi connectivity index (χ4v) is 3.93. The van der Waals surface area contributed by atoms with Crippen LogP contribution < -0.4 is 5.32 Å². The third-order valence-corrected chi connectivity index (χ3v) is 5.55. The average molecular weight is 375 g/mol. The van der Waals surface area contributed by atoms with E-state index < -0.39 is 6.04 Å². The fourth-order valence-electron chi connectivity index (χ4n) is 3.93. The maximum Gasteiger partial charge on any atom is 0.251 e. The summed E-state index contributed by atoms with van der Waals surface area (Å²) in [5.74, 6) is 0.208. The van der Waals surface area contributed by atoms with E-state index in [2.05, 4.69) is 28.5 Å². The van der Waals surface area contributed by atoms with E-state index in [1.165, 1.54) is 11.1 Å². The molecule has 2 amide bonds. The molecule has 0 aliphatic carbocycles. The molecule has 0 spiro atoms. The Labute approximate surface area is 164 Å². The number of benzene rings is 2. The van der Waals surface area contributed by atoms with Crippen LogP contribution in [0, 0.1) is 0 Å². The van der Waals surface area contributed by atoms with Gasteiger partial charge in [0, 0.05) is 35.8 Å². The highest BCUT2D eigenvalue weighted by Gasteiger charge is 2.28. The molecule has 1 aliphatic rings. The number of aromatic amines is 1. The molecule has 2 heterocycles. The number of carbonyl (C=O) groups is 2. The van der Waals surface area contributed by atoms with Crippen LogP contribution in [0.2, 0.25) is 0 Å². The van der Waals surface area contributed by atoms with Crippen molar-refractivity contribution in [3.8, 4) is 0 Å². The summed E-state index contributed by atoms with van der Waals surface area (Å²) in [6.45, 7) is 3.18. The van der Waals surface area contributed by atoms with E-state index in [4.69, 9.17) is 0 Å². The lowest BCUT2D eigenvalue weighted by atomic mass is 9.93. The first-order chi connectivity index (χ1) is 13.6. The molecule has 1 aliphatic heterocycles. The number of fused-ring (bicyclic) bond motifs is 1. The summed E-state index contributed by atoms with van der Waals surface area (Å²) in [7, 11) is 0. The van der Waals surface area contributed by atoms with Crippen LogP contribution in [0.1, 0.15) is 41.7 Å². The molecular formula is C23H25N3O2. The molecule has 0 radical (unpaired) electrons. The Balaban J connectivity index is 1.33. The molecule has 2 aromatic carbocycles. The van der Waals surface area contributed by atoms with Gasteiger partial charge < -0.3 is 15.2 Å². The van der Waals surface area contributed by atoms with Crippen molar-refractivity contribution >= 4 is 22.7 Å². The molecule has 4 rings (SSSR count). The zero-order valence-electron chi connectivity index (χ0n) is 16.0. The van der Waals surface area contributed by atoms with Crippen LogP contribution in [0.15, 0.2) is 60.7 Å². The van der Waals surface area contributed by atoms with Crippen LogP contribution in [-0.2, 0) is 4.79 Å². The van der Waals surface area contributed by atoms with Crippen molar-refractivity contribution in [2.75, 3.05) is 13.1 Å². The van der Waals surface area contributed by atoms with Gasteiger partial charge in [0.05, 0.1) is 0 Å². The number of nitrogens with one attached hydrogen (secondary N) is 2. The predicted molar refractivity (Wildman–Crippen MR) is 110 cm³/mol. The van der Waals surface area contributed by atoms with Gasteiger partial charge in [0.25, 0.3) is 5.91 Å². The van der Waals surface area contributed by atoms with E-state index >= 15 is 0 Å². The molecule has 1 unspecified atom stereocenters. The molecule has 1 fully saturated rings. The second-order valence-electron chi connectivity index (χ2n) is 7.47. The van der Waals surface area contributed by atoms with Gasteiger partial charge >= 0.3 is 0 Å². The topological polar surface area (TPSA) is 65.2 Å². The molecule has 1 aromatic heterocycles. The standard InChI is InChI=1S/C23H25N3O2/c1-16(24-22(27)18-7-3-2-4-8-18)23(28)26-13-11-17(12-14-26)21-15-19-9-5-6-10-20(19)25-21/h2-10,15-17,25H,11-14H2,1H3,(H,24,27). The lowest BCUT2D eigenvalue weighted by molar-refractivity contribution is -0.133. The van der Waals surface area contributed by atoms with Crippen molar-refractivity contribution in [1.29, 1.82) is 0 Å². The number of nitrogens with zero attached hydrogens (tertiary/aromatic N) is 1. The first kappa shape index (κ1) is 18.3. The van der Waals surface area contributed by atoms with Gasteiger partial charge in [-0.3, -0.25) is 9.59 Å². The first-order valence-electron chi connectivity index (χ1n) is 9.84. The molecule has 28 heavy (non-hydrogen) atoms. The molecule has 1 atom stereocenters. The van der Waals surface area contributed by atoms with Gasteiger partial charge in [-0.1, -0.05) is 36.4 Å². The average Bonchev–Trinajstić information content (AvgIpc) is 3.18. The Morgan fingerprint density at radius 3 is 2.43 bits per heavy atom. The van der Waals surface area contributed by atoms with Crippen molar-refractivity contribution in [2.24, 2.45) is 0 Å². The van der Waals surface area contributed by atoms with Gasteiger partial charge in [-0.05, 0) is 49.4 Å². The fraction of sp³-hybridized carbons (Fsp3) is 0.304. The smallest absolute Gasteiger partial charge is 0.251 e. The summed E-state index contributed by atoms with van der Waals surface area (Å²) >= 11 is 0. The molecule has 0 bridgehead atoms. The van der Waals surface area contributed by atoms with E-state index in [0.29, 0.717) is 24.6 Å². The Bertz CT molecular complexity index is 939. The highest BCUT2D eigenvalue weighted by Crippen LogP contribution is 2.30. The molecule has 3 aromatic rings. The Hall–Kier alpha value is -3.08. The number of H-pyrrole nitrogens is 1. The molecule has 0 saturated carbocycles. The van der Waals surface area contributed by atoms with Crippen molar-refractivity contribution in [3.63, 3.8) is 0 Å². The number of likely N-dealkylation sites (tertiary alicyclic amines) is 1. The van der Waals surface area contributed by atoms with Crippen LogP contribution in [0.25, 0.3) is 10.9 Å². The van der Waals surface area contributed by atoms with E-state index in [0.717, 1.165) is 18.4 Å². The monoisotopic (exact) mass is 375 g/mol. The van der Waals surface area contributed by atoms with Gasteiger partial charge in [0.1, 0.15) is 6.04 Å². The summed E-state index contributed by atoms with van der Waals surface area (Å²) < 4.78 is 0. The van der Waals surface area contributed by atoms with Crippen molar-refractivity contribution < 1.29 is 9.59 Å². The van der Waals surface area contributed by atoms with Crippen LogP contribution in [0.4, 0.5) is 0 Å². The zero-order chi connectivity index (χ0) is 19.5. The maximum absolute atomic E-state index is 12.8. The Kier molecular flexibility index (Phi) is 5.15. The van der Waals surface area contributed by atoms with Gasteiger partial charge in [0.2, 0.25) is 5.91 Å². The summed E-state index contributed by atoms with van der Waals surface area (Å²) in [5.41, 5.74) is 2.98. The quantitative estimate of drug-likeness (QED) is 0.730. The first-order valence-corrected chi connectivity index (χ1v) is 9.84. The number of aromatic nitrogens is 1. The number of amides is 2. The molecular weight excluding hydrogens is 350 g/mol. The van der Waals surface area contributed by atoms with Gasteiger partial charge in [-0.25, -0.2) is 0 Å². The highest BCUT2D eigenvalue weighted by atomic mass is 16.2. The third kappa shape index (κ3) is 3.79. The number of hydrogen-bond donors (Lipinski definition) is 2. The molecule has 144 valence electrons. The molecule has 5 nitrogen and oxygen atoms in total. The summed E-state index contributed by atoms with van der Waals surface area (Å²) in [4.78, 5) is 30.4. The van der Waals surface area contributed by atoms with Crippen molar-refractivity contribution in [3.05, 3.63) is 71.9 Å². The van der Waals surface area contributed by atoms with Crippen molar-refractivity contribution in [1.82, 2.24) is 15.2 Å². The van der Waals surface area contributed by atoms with Crippen LogP contribution >= 0.6 is 0 Å². The normalized spacial score (nSPS) is 16.1. The van der Waals surface area contributed by atoms with Crippen LogP contribution in [-0.4, -0.2) is 40.8 Å². The predicted octanol–water partition coefficient (Wildman–Crippen LogP) is 3.69. The van der Waals surface area contributed by atoms with E-state index in [1.807, 2.05) is 35.2 Å². The lowest BCUT2D eigenvalue weighted by Gasteiger charge is -2.33. The van der Waals surface area contributed by atoms with Gasteiger partial charge in [0.15, 0.2) is 0 Å². The SMILES string of the molecule is CC(NC(=O)c1ccccc1)C(=O)N1CCC(c2cc3ccccc3[nH]2)CC1. The van der Waals surface area contributed by atoms with Crippen LogP contribution in [0.3, 0.4) is 0 Å². The summed E-state index contributed by atoms with van der Waals surface area (Å²) in [5, 5.41) is 4.05. The van der Waals surface area contributed by atoms with Gasteiger partial charge in [-0.2, -0.15) is 0 Å². The molecule has 2 N–H and O–H groups in total. The zero-order valence-corrected chi connectivity index (χ0v) is 16.0. The molecule has 1 saturated heterocycles. The van der Waals surface area contributed by atoms with Crippen LogP contribution in [0.5, 0.6) is 0 Å². The lowest BCUT2D eigenvalue weighted by Crippen LogP contribution is -2.49. The van der Waals surface area contributed by atoms with E-state index in [1.54, 1.807) is 19.1 Å². The van der Waals surface area contributed by atoms with E-state index in [9.17, 15) is 9.59 Å². The number of para-hydroxylation sites is 1.